The van der Waals surface area contributed by atoms with Gasteiger partial charge in [-0.3, -0.25) is 0 Å². The van der Waals surface area contributed by atoms with E-state index in [0.29, 0.717) is 25.6 Å². The van der Waals surface area contributed by atoms with E-state index in [1.54, 1.807) is 6.08 Å². The van der Waals surface area contributed by atoms with Gasteiger partial charge in [-0.15, -0.1) is 0 Å². The predicted octanol–water partition coefficient (Wildman–Crippen LogP) is 6.48. The Morgan fingerprint density at radius 3 is 2.29 bits per heavy atom. The van der Waals surface area contributed by atoms with Crippen molar-refractivity contribution < 1.29 is 14.3 Å². The van der Waals surface area contributed by atoms with Crippen molar-refractivity contribution in [3.63, 3.8) is 0 Å². The summed E-state index contributed by atoms with van der Waals surface area (Å²) in [6.45, 7) is 5.25. The lowest BCUT2D eigenvalue weighted by atomic mass is 10.3. The highest BCUT2D eigenvalue weighted by molar-refractivity contribution is 9.11. The van der Waals surface area contributed by atoms with Crippen LogP contribution in [0.3, 0.4) is 0 Å². The summed E-state index contributed by atoms with van der Waals surface area (Å²) < 4.78 is 13.1. The number of hydrogen-bond acceptors (Lipinski definition) is 4. The van der Waals surface area contributed by atoms with E-state index in [1.165, 1.54) is 0 Å². The van der Waals surface area contributed by atoms with Crippen LogP contribution in [0.4, 0.5) is 0 Å². The smallest absolute Gasteiger partial charge is 0.147 e. The minimum absolute atomic E-state index is 0.178. The van der Waals surface area contributed by atoms with E-state index in [0.717, 1.165) is 33.2 Å². The fraction of sp³-hybridized carbons (Fsp3) is 0.438. The molecule has 4 nitrogen and oxygen atoms in total. The Morgan fingerprint density at radius 1 is 1.08 bits per heavy atom. The molecule has 0 bridgehead atoms. The van der Waals surface area contributed by atoms with Crippen molar-refractivity contribution in [3.8, 4) is 11.5 Å². The van der Waals surface area contributed by atoms with Crippen molar-refractivity contribution in [1.82, 2.24) is 0 Å². The van der Waals surface area contributed by atoms with Gasteiger partial charge < -0.3 is 14.3 Å². The molecule has 0 fully saturated rings. The largest absolute Gasteiger partial charge is 0.491 e. The Labute approximate surface area is 169 Å². The molecule has 0 N–H and O–H groups in total. The molecule has 0 saturated heterocycles. The maximum absolute atomic E-state index is 5.80. The van der Waals surface area contributed by atoms with Gasteiger partial charge in [0.15, 0.2) is 0 Å². The Morgan fingerprint density at radius 2 is 1.71 bits per heavy atom. The van der Waals surface area contributed by atoms with Crippen LogP contribution in [0.5, 0.6) is 11.5 Å². The van der Waals surface area contributed by atoms with Crippen molar-refractivity contribution in [2.45, 2.75) is 26.7 Å². The molecule has 0 spiro atoms. The summed E-state index contributed by atoms with van der Waals surface area (Å²) in [7, 11) is 0. The molecule has 0 saturated carbocycles. The molecule has 0 aliphatic rings. The van der Waals surface area contributed by atoms with Crippen LogP contribution in [0.2, 0.25) is 0 Å². The van der Waals surface area contributed by atoms with Gasteiger partial charge in [-0.05, 0) is 76.8 Å². The Bertz CT molecular complexity index is 564. The second-order valence-electron chi connectivity index (χ2n) is 4.95. The normalized spacial score (nSPS) is 10.1. The molecule has 8 heteroatoms. The van der Waals surface area contributed by atoms with E-state index in [1.807, 2.05) is 26.0 Å². The average Bonchev–Trinajstić information content (AvgIpc) is 2.47. The van der Waals surface area contributed by atoms with Gasteiger partial charge in [0.2, 0.25) is 0 Å². The van der Waals surface area contributed by atoms with Gasteiger partial charge in [0.1, 0.15) is 29.2 Å². The van der Waals surface area contributed by atoms with E-state index in [-0.39, 0.29) is 4.49 Å². The number of benzene rings is 1. The van der Waals surface area contributed by atoms with Gasteiger partial charge >= 0.3 is 0 Å². The number of ether oxygens (including phenoxy) is 2. The predicted molar refractivity (Wildman–Crippen MR) is 107 cm³/mol. The lowest BCUT2D eigenvalue weighted by molar-refractivity contribution is 0.135. The van der Waals surface area contributed by atoms with E-state index in [2.05, 4.69) is 37.0 Å². The minimum Gasteiger partial charge on any atom is -0.491 e. The number of oxime groups is 1. The summed E-state index contributed by atoms with van der Waals surface area (Å²) in [5, 5.41) is 3.88. The summed E-state index contributed by atoms with van der Waals surface area (Å²) in [4.78, 5) is 5.14. The highest BCUT2D eigenvalue weighted by Crippen LogP contribution is 2.37. The first-order chi connectivity index (χ1) is 11.4. The monoisotopic (exact) mass is 501 g/mol. The fourth-order valence-corrected chi connectivity index (χ4v) is 3.08. The molecule has 0 radical (unpaired) electrons. The number of unbranched alkanes of at least 4 members (excludes halogenated alkanes) is 1. The third kappa shape index (κ3) is 9.16. The summed E-state index contributed by atoms with van der Waals surface area (Å²) in [6, 6.07) is 3.66. The molecule has 0 amide bonds. The first kappa shape index (κ1) is 21.6. The third-order valence-electron chi connectivity index (χ3n) is 2.58. The molecular formula is C16H19Br2Cl2NO3. The van der Waals surface area contributed by atoms with Crippen LogP contribution in [0, 0.1) is 0 Å². The van der Waals surface area contributed by atoms with Crippen LogP contribution in [0.15, 0.2) is 36.8 Å². The minimum atomic E-state index is 0.178. The first-order valence-electron chi connectivity index (χ1n) is 7.29. The Hall–Kier alpha value is -0.430. The van der Waals surface area contributed by atoms with Gasteiger partial charge in [0.25, 0.3) is 0 Å². The Balaban J connectivity index is 2.43. The zero-order chi connectivity index (χ0) is 17.9. The lowest BCUT2D eigenvalue weighted by Crippen LogP contribution is -2.01. The second kappa shape index (κ2) is 12.0. The van der Waals surface area contributed by atoms with Crippen molar-refractivity contribution in [3.05, 3.63) is 31.6 Å². The Kier molecular flexibility index (Phi) is 10.8. The number of nitrogens with zero attached hydrogens (tertiary/aromatic N) is 1. The fourth-order valence-electron chi connectivity index (χ4n) is 1.58. The molecule has 24 heavy (non-hydrogen) atoms. The van der Waals surface area contributed by atoms with E-state index >= 15 is 0 Å². The molecule has 0 aromatic heterocycles. The second-order valence-corrected chi connectivity index (χ2v) is 7.66. The number of hydrogen-bond donors (Lipinski definition) is 0. The van der Waals surface area contributed by atoms with Crippen LogP contribution in [-0.2, 0) is 4.84 Å². The van der Waals surface area contributed by atoms with Crippen molar-refractivity contribution in [2.75, 3.05) is 19.8 Å². The summed E-state index contributed by atoms with van der Waals surface area (Å²) in [5.74, 6) is 1.41. The van der Waals surface area contributed by atoms with Crippen LogP contribution in [-0.4, -0.2) is 25.5 Å². The summed E-state index contributed by atoms with van der Waals surface area (Å²) in [5.41, 5.74) is 0.908. The van der Waals surface area contributed by atoms with Crippen molar-refractivity contribution in [2.24, 2.45) is 5.16 Å². The van der Waals surface area contributed by atoms with Gasteiger partial charge in [0, 0.05) is 0 Å². The number of rotatable bonds is 10. The van der Waals surface area contributed by atoms with Gasteiger partial charge in [-0.25, -0.2) is 0 Å². The topological polar surface area (TPSA) is 40.0 Å². The first-order valence-corrected chi connectivity index (χ1v) is 9.63. The third-order valence-corrected chi connectivity index (χ3v) is 4.07. The summed E-state index contributed by atoms with van der Waals surface area (Å²) >= 11 is 18.1. The standard InChI is InChI=1S/C16H19Br2Cl2NO3/c1-11(2)21-24-7-4-3-6-23-16-13(17)9-12(10-14(16)18)22-8-5-15(19)20/h5,9-10H,3-4,6-8H2,1-2H3. The van der Waals surface area contributed by atoms with Crippen LogP contribution >= 0.6 is 55.1 Å². The van der Waals surface area contributed by atoms with E-state index < -0.39 is 0 Å². The highest BCUT2D eigenvalue weighted by Gasteiger charge is 2.09. The molecule has 1 rings (SSSR count). The molecule has 0 aliphatic heterocycles. The summed E-state index contributed by atoms with van der Waals surface area (Å²) in [6.07, 6.45) is 3.31. The highest BCUT2D eigenvalue weighted by atomic mass is 79.9. The lowest BCUT2D eigenvalue weighted by Gasteiger charge is -2.12. The molecule has 0 aliphatic carbocycles. The SMILES string of the molecule is CC(C)=NOCCCCOc1c(Br)cc(OCC=C(Cl)Cl)cc1Br. The average molecular weight is 504 g/mol. The van der Waals surface area contributed by atoms with Crippen molar-refractivity contribution in [1.29, 1.82) is 0 Å². The van der Waals surface area contributed by atoms with Crippen LogP contribution in [0.25, 0.3) is 0 Å². The zero-order valence-electron chi connectivity index (χ0n) is 13.5. The van der Waals surface area contributed by atoms with Crippen molar-refractivity contribution >= 4 is 60.8 Å². The molecule has 0 heterocycles. The van der Waals surface area contributed by atoms with Gasteiger partial charge in [-0.2, -0.15) is 0 Å². The molecular weight excluding hydrogens is 485 g/mol. The van der Waals surface area contributed by atoms with E-state index in [4.69, 9.17) is 37.5 Å². The maximum Gasteiger partial charge on any atom is 0.147 e. The van der Waals surface area contributed by atoms with E-state index in [9.17, 15) is 0 Å². The van der Waals surface area contributed by atoms with Gasteiger partial charge in [0.05, 0.1) is 21.3 Å². The van der Waals surface area contributed by atoms with Gasteiger partial charge in [-0.1, -0.05) is 28.4 Å². The zero-order valence-corrected chi connectivity index (χ0v) is 18.1. The quantitative estimate of drug-likeness (QED) is 0.208. The molecule has 0 atom stereocenters. The molecule has 1 aromatic carbocycles. The van der Waals surface area contributed by atoms with Crippen LogP contribution < -0.4 is 9.47 Å². The number of halogens is 4. The molecule has 1 aromatic rings. The molecule has 0 unspecified atom stereocenters. The molecule has 134 valence electrons. The van der Waals surface area contributed by atoms with Crippen LogP contribution in [0.1, 0.15) is 26.7 Å². The maximum atomic E-state index is 5.80.